The number of carbonyl (C=O) groups excluding carboxylic acids is 1. The highest BCUT2D eigenvalue weighted by Gasteiger charge is 2.18. The van der Waals surface area contributed by atoms with Crippen molar-refractivity contribution in [1.29, 1.82) is 0 Å². The second-order valence-electron chi connectivity index (χ2n) is 7.16. The first-order valence-electron chi connectivity index (χ1n) is 9.71. The largest absolute Gasteiger partial charge is 0.497 e. The van der Waals surface area contributed by atoms with Gasteiger partial charge in [0.2, 0.25) is 5.91 Å². The van der Waals surface area contributed by atoms with Gasteiger partial charge in [-0.05, 0) is 55.3 Å². The van der Waals surface area contributed by atoms with Crippen molar-refractivity contribution in [3.63, 3.8) is 0 Å². The number of hydrogen-bond acceptors (Lipinski definition) is 4. The summed E-state index contributed by atoms with van der Waals surface area (Å²) >= 11 is 5.93. The minimum Gasteiger partial charge on any atom is -0.497 e. The van der Waals surface area contributed by atoms with Gasteiger partial charge in [0.25, 0.3) is 0 Å². The molecule has 1 heterocycles. The highest BCUT2D eigenvalue weighted by Crippen LogP contribution is 2.21. The summed E-state index contributed by atoms with van der Waals surface area (Å²) in [5.41, 5.74) is 2.25. The summed E-state index contributed by atoms with van der Waals surface area (Å²) in [6.07, 6.45) is 1.03. The molecule has 1 unspecified atom stereocenters. The number of ether oxygens (including phenoxy) is 1. The second-order valence-corrected chi connectivity index (χ2v) is 7.59. The van der Waals surface area contributed by atoms with E-state index in [1.165, 1.54) is 5.69 Å². The molecule has 1 N–H and O–H groups in total. The topological polar surface area (TPSA) is 44.8 Å². The third kappa shape index (κ3) is 5.63. The van der Waals surface area contributed by atoms with E-state index in [9.17, 15) is 4.79 Å². The Hall–Kier alpha value is -2.24. The molecule has 1 atom stereocenters. The zero-order valence-corrected chi connectivity index (χ0v) is 17.3. The van der Waals surface area contributed by atoms with E-state index in [2.05, 4.69) is 27.2 Å². The van der Waals surface area contributed by atoms with Crippen molar-refractivity contribution in [2.75, 3.05) is 44.7 Å². The maximum Gasteiger partial charge on any atom is 0.234 e. The normalized spacial score (nSPS) is 16.3. The Labute approximate surface area is 172 Å². The lowest BCUT2D eigenvalue weighted by Gasteiger charge is -2.24. The maximum atomic E-state index is 12.5. The third-order valence-electron chi connectivity index (χ3n) is 5.14. The van der Waals surface area contributed by atoms with Crippen molar-refractivity contribution in [1.82, 2.24) is 10.2 Å². The molecule has 1 amide bonds. The molecular weight excluding hydrogens is 374 g/mol. The number of hydrogen-bond donors (Lipinski definition) is 1. The predicted octanol–water partition coefficient (Wildman–Crippen LogP) is 3.74. The van der Waals surface area contributed by atoms with Crippen LogP contribution < -0.4 is 15.0 Å². The molecule has 0 saturated carbocycles. The minimum absolute atomic E-state index is 0.0347. The number of rotatable bonds is 6. The zero-order chi connectivity index (χ0) is 19.9. The summed E-state index contributed by atoms with van der Waals surface area (Å²) in [6.45, 7) is 6.12. The fourth-order valence-electron chi connectivity index (χ4n) is 3.51. The molecule has 2 aromatic rings. The van der Waals surface area contributed by atoms with E-state index in [-0.39, 0.29) is 11.9 Å². The van der Waals surface area contributed by atoms with Crippen LogP contribution in [0.5, 0.6) is 5.75 Å². The summed E-state index contributed by atoms with van der Waals surface area (Å²) in [6, 6.07) is 15.7. The molecule has 1 fully saturated rings. The molecule has 150 valence electrons. The molecule has 0 aromatic heterocycles. The average molecular weight is 402 g/mol. The number of anilines is 1. The number of benzene rings is 2. The van der Waals surface area contributed by atoms with E-state index in [4.69, 9.17) is 16.3 Å². The van der Waals surface area contributed by atoms with Crippen LogP contribution in [-0.4, -0.2) is 50.6 Å². The summed E-state index contributed by atoms with van der Waals surface area (Å²) in [5.74, 6) is 0.923. The van der Waals surface area contributed by atoms with Gasteiger partial charge < -0.3 is 15.0 Å². The fraction of sp³-hybridized carbons (Fsp3) is 0.409. The smallest absolute Gasteiger partial charge is 0.234 e. The summed E-state index contributed by atoms with van der Waals surface area (Å²) < 4.78 is 5.23. The minimum atomic E-state index is -0.0347. The van der Waals surface area contributed by atoms with Crippen LogP contribution in [0.4, 0.5) is 5.69 Å². The van der Waals surface area contributed by atoms with Crippen LogP contribution in [0.1, 0.15) is 24.9 Å². The lowest BCUT2D eigenvalue weighted by atomic mass is 10.1. The summed E-state index contributed by atoms with van der Waals surface area (Å²) in [4.78, 5) is 17.1. The lowest BCUT2D eigenvalue weighted by molar-refractivity contribution is -0.122. The number of nitrogens with one attached hydrogen (secondary N) is 1. The van der Waals surface area contributed by atoms with E-state index in [0.29, 0.717) is 11.6 Å². The van der Waals surface area contributed by atoms with Crippen molar-refractivity contribution >= 4 is 23.2 Å². The Morgan fingerprint density at radius 2 is 1.79 bits per heavy atom. The summed E-state index contributed by atoms with van der Waals surface area (Å²) in [7, 11) is 1.68. The van der Waals surface area contributed by atoms with Crippen LogP contribution in [0.3, 0.4) is 0 Å². The Balaban J connectivity index is 1.49. The monoisotopic (exact) mass is 401 g/mol. The SMILES string of the molecule is COc1ccc(N2CCCN(CC(=O)NC(C)c3ccc(Cl)cc3)CC2)cc1. The maximum absolute atomic E-state index is 12.5. The van der Waals surface area contributed by atoms with Crippen LogP contribution >= 0.6 is 11.6 Å². The first-order chi connectivity index (χ1) is 13.5. The first kappa shape index (κ1) is 20.5. The molecule has 6 heteroatoms. The molecule has 0 spiro atoms. The van der Waals surface area contributed by atoms with E-state index in [0.717, 1.165) is 43.9 Å². The van der Waals surface area contributed by atoms with Gasteiger partial charge in [0.15, 0.2) is 0 Å². The van der Waals surface area contributed by atoms with Gasteiger partial charge in [-0.2, -0.15) is 0 Å². The average Bonchev–Trinajstić information content (AvgIpc) is 2.94. The number of amides is 1. The van der Waals surface area contributed by atoms with Crippen molar-refractivity contribution in [2.45, 2.75) is 19.4 Å². The molecular formula is C22H28ClN3O2. The number of methoxy groups -OCH3 is 1. The second kappa shape index (κ2) is 9.80. The highest BCUT2D eigenvalue weighted by atomic mass is 35.5. The Bertz CT molecular complexity index is 764. The van der Waals surface area contributed by atoms with Crippen molar-refractivity contribution in [2.24, 2.45) is 0 Å². The van der Waals surface area contributed by atoms with Crippen molar-refractivity contribution < 1.29 is 9.53 Å². The third-order valence-corrected chi connectivity index (χ3v) is 5.39. The molecule has 0 radical (unpaired) electrons. The number of nitrogens with zero attached hydrogens (tertiary/aromatic N) is 2. The molecule has 0 bridgehead atoms. The van der Waals surface area contributed by atoms with Crippen LogP contribution in [0, 0.1) is 0 Å². The van der Waals surface area contributed by atoms with E-state index >= 15 is 0 Å². The zero-order valence-electron chi connectivity index (χ0n) is 16.5. The van der Waals surface area contributed by atoms with Crippen LogP contribution in [-0.2, 0) is 4.79 Å². The Morgan fingerprint density at radius 1 is 1.07 bits per heavy atom. The van der Waals surface area contributed by atoms with Gasteiger partial charge in [0.05, 0.1) is 19.7 Å². The van der Waals surface area contributed by atoms with Gasteiger partial charge in [-0.3, -0.25) is 9.69 Å². The van der Waals surface area contributed by atoms with Crippen LogP contribution in [0.15, 0.2) is 48.5 Å². The van der Waals surface area contributed by atoms with E-state index < -0.39 is 0 Å². The predicted molar refractivity (Wildman–Crippen MR) is 114 cm³/mol. The number of carbonyl (C=O) groups is 1. The van der Waals surface area contributed by atoms with Gasteiger partial charge in [-0.15, -0.1) is 0 Å². The Morgan fingerprint density at radius 3 is 2.46 bits per heavy atom. The van der Waals surface area contributed by atoms with Crippen LogP contribution in [0.2, 0.25) is 5.02 Å². The van der Waals surface area contributed by atoms with Gasteiger partial charge in [0, 0.05) is 36.9 Å². The Kier molecular flexibility index (Phi) is 7.18. The lowest BCUT2D eigenvalue weighted by Crippen LogP contribution is -2.40. The molecule has 1 aliphatic heterocycles. The molecule has 1 aliphatic rings. The van der Waals surface area contributed by atoms with E-state index in [1.54, 1.807) is 7.11 Å². The fourth-order valence-corrected chi connectivity index (χ4v) is 3.63. The molecule has 28 heavy (non-hydrogen) atoms. The van der Waals surface area contributed by atoms with Gasteiger partial charge in [-0.1, -0.05) is 23.7 Å². The molecule has 3 rings (SSSR count). The van der Waals surface area contributed by atoms with Gasteiger partial charge in [-0.25, -0.2) is 0 Å². The standard InChI is InChI=1S/C22H28ClN3O2/c1-17(18-4-6-19(23)7-5-18)24-22(27)16-25-12-3-13-26(15-14-25)20-8-10-21(28-2)11-9-20/h4-11,17H,3,12-16H2,1-2H3,(H,24,27). The molecule has 2 aromatic carbocycles. The van der Waals surface area contributed by atoms with Gasteiger partial charge >= 0.3 is 0 Å². The first-order valence-corrected chi connectivity index (χ1v) is 10.1. The van der Waals surface area contributed by atoms with E-state index in [1.807, 2.05) is 43.3 Å². The molecule has 5 nitrogen and oxygen atoms in total. The molecule has 0 aliphatic carbocycles. The summed E-state index contributed by atoms with van der Waals surface area (Å²) in [5, 5.41) is 3.79. The van der Waals surface area contributed by atoms with Crippen molar-refractivity contribution in [3.05, 3.63) is 59.1 Å². The van der Waals surface area contributed by atoms with Gasteiger partial charge in [0.1, 0.15) is 5.75 Å². The van der Waals surface area contributed by atoms with Crippen LogP contribution in [0.25, 0.3) is 0 Å². The quantitative estimate of drug-likeness (QED) is 0.800. The number of halogens is 1. The van der Waals surface area contributed by atoms with Crippen molar-refractivity contribution in [3.8, 4) is 5.75 Å². The molecule has 1 saturated heterocycles. The highest BCUT2D eigenvalue weighted by molar-refractivity contribution is 6.30.